The lowest BCUT2D eigenvalue weighted by Gasteiger charge is -2.15. The summed E-state index contributed by atoms with van der Waals surface area (Å²) in [5, 5.41) is 20.7. The van der Waals surface area contributed by atoms with Gasteiger partial charge in [0.1, 0.15) is 11.5 Å². The average Bonchev–Trinajstić information content (AvgIpc) is 2.42. The maximum absolute atomic E-state index is 10.9. The lowest BCUT2D eigenvalue weighted by molar-refractivity contribution is -0.385. The molecular weight excluding hydrogens is 270 g/mol. The van der Waals surface area contributed by atoms with Gasteiger partial charge in [0, 0.05) is 17.2 Å². The summed E-state index contributed by atoms with van der Waals surface area (Å²) in [5.74, 6) is 1.09. The first-order valence-corrected chi connectivity index (χ1v) is 6.60. The number of nitro benzene ring substituents is 1. The van der Waals surface area contributed by atoms with Crippen LogP contribution >= 0.6 is 0 Å². The van der Waals surface area contributed by atoms with Crippen molar-refractivity contribution in [3.63, 3.8) is 0 Å². The number of benzene rings is 2. The van der Waals surface area contributed by atoms with Crippen LogP contribution in [0.5, 0.6) is 11.5 Å². The molecule has 2 aromatic carbocycles. The molecule has 0 fully saturated rings. The number of rotatable bonds is 4. The van der Waals surface area contributed by atoms with E-state index in [0.29, 0.717) is 28.2 Å². The van der Waals surface area contributed by atoms with Crippen molar-refractivity contribution < 1.29 is 14.8 Å². The topological polar surface area (TPSA) is 72.6 Å². The maximum atomic E-state index is 10.9. The quantitative estimate of drug-likeness (QED) is 0.680. The number of aryl methyl sites for hydroxylation is 2. The summed E-state index contributed by atoms with van der Waals surface area (Å²) in [4.78, 5) is 10.5. The minimum Gasteiger partial charge on any atom is -0.457 e. The summed E-state index contributed by atoms with van der Waals surface area (Å²) in [6, 6.07) is 10.3. The van der Waals surface area contributed by atoms with Gasteiger partial charge in [0.15, 0.2) is 0 Å². The Labute approximate surface area is 123 Å². The standard InChI is InChI=1S/C16H17NO4/c1-10-9-16(11(2)8-14(10)17(19)20)21-15-7-5-4-6-13(15)12(3)18/h4-9,12,18H,1-3H3/t12-/m0/s1. The number of aliphatic hydroxyl groups is 1. The molecule has 110 valence electrons. The lowest BCUT2D eigenvalue weighted by atomic mass is 10.1. The summed E-state index contributed by atoms with van der Waals surface area (Å²) >= 11 is 0. The SMILES string of the molecule is Cc1cc([N+](=O)[O-])c(C)cc1Oc1ccccc1[C@H](C)O. The van der Waals surface area contributed by atoms with Gasteiger partial charge in [-0.3, -0.25) is 10.1 Å². The second-order valence-electron chi connectivity index (χ2n) is 4.98. The third kappa shape index (κ3) is 3.20. The maximum Gasteiger partial charge on any atom is 0.272 e. The summed E-state index contributed by atoms with van der Waals surface area (Å²) in [5.41, 5.74) is 1.96. The van der Waals surface area contributed by atoms with E-state index >= 15 is 0 Å². The van der Waals surface area contributed by atoms with Crippen LogP contribution in [0.25, 0.3) is 0 Å². The first-order chi connectivity index (χ1) is 9.90. The van der Waals surface area contributed by atoms with Crippen molar-refractivity contribution in [3.8, 4) is 11.5 Å². The lowest BCUT2D eigenvalue weighted by Crippen LogP contribution is -1.98. The van der Waals surface area contributed by atoms with Gasteiger partial charge < -0.3 is 9.84 Å². The molecule has 1 N–H and O–H groups in total. The third-order valence-corrected chi connectivity index (χ3v) is 3.28. The van der Waals surface area contributed by atoms with E-state index in [1.54, 1.807) is 39.0 Å². The van der Waals surface area contributed by atoms with E-state index in [9.17, 15) is 15.2 Å². The van der Waals surface area contributed by atoms with E-state index in [-0.39, 0.29) is 5.69 Å². The number of nitro groups is 1. The van der Waals surface area contributed by atoms with Crippen LogP contribution in [-0.2, 0) is 0 Å². The van der Waals surface area contributed by atoms with Crippen molar-refractivity contribution in [2.75, 3.05) is 0 Å². The fourth-order valence-corrected chi connectivity index (χ4v) is 2.12. The Hall–Kier alpha value is -2.40. The van der Waals surface area contributed by atoms with Gasteiger partial charge in [-0.2, -0.15) is 0 Å². The molecule has 0 spiro atoms. The second-order valence-corrected chi connectivity index (χ2v) is 4.98. The molecule has 0 unspecified atom stereocenters. The fraction of sp³-hybridized carbons (Fsp3) is 0.250. The molecular formula is C16H17NO4. The van der Waals surface area contributed by atoms with Gasteiger partial charge in [-0.25, -0.2) is 0 Å². The van der Waals surface area contributed by atoms with Gasteiger partial charge in [0.05, 0.1) is 11.0 Å². The molecule has 2 rings (SSSR count). The number of hydrogen-bond acceptors (Lipinski definition) is 4. The van der Waals surface area contributed by atoms with E-state index in [4.69, 9.17) is 4.74 Å². The largest absolute Gasteiger partial charge is 0.457 e. The summed E-state index contributed by atoms with van der Waals surface area (Å²) in [6.07, 6.45) is -0.652. The van der Waals surface area contributed by atoms with E-state index in [1.807, 2.05) is 12.1 Å². The van der Waals surface area contributed by atoms with Gasteiger partial charge in [0.25, 0.3) is 5.69 Å². The predicted molar refractivity (Wildman–Crippen MR) is 79.7 cm³/mol. The van der Waals surface area contributed by atoms with Crippen LogP contribution in [0.2, 0.25) is 0 Å². The van der Waals surface area contributed by atoms with Crippen LogP contribution in [0, 0.1) is 24.0 Å². The highest BCUT2D eigenvalue weighted by molar-refractivity contribution is 5.51. The highest BCUT2D eigenvalue weighted by Gasteiger charge is 2.16. The molecule has 0 saturated heterocycles. The van der Waals surface area contributed by atoms with Crippen molar-refractivity contribution >= 4 is 5.69 Å². The Morgan fingerprint density at radius 3 is 2.43 bits per heavy atom. The van der Waals surface area contributed by atoms with E-state index in [1.165, 1.54) is 6.07 Å². The van der Waals surface area contributed by atoms with Crippen LogP contribution < -0.4 is 4.74 Å². The van der Waals surface area contributed by atoms with Gasteiger partial charge in [-0.05, 0) is 38.5 Å². The van der Waals surface area contributed by atoms with Crippen molar-refractivity contribution in [3.05, 3.63) is 63.2 Å². The summed E-state index contributed by atoms with van der Waals surface area (Å²) in [7, 11) is 0. The number of para-hydroxylation sites is 1. The Kier molecular flexibility index (Phi) is 4.23. The Balaban J connectivity index is 2.41. The predicted octanol–water partition coefficient (Wildman–Crippen LogP) is 4.06. The minimum absolute atomic E-state index is 0.0728. The molecule has 0 bridgehead atoms. The second kappa shape index (κ2) is 5.93. The molecule has 5 nitrogen and oxygen atoms in total. The molecule has 0 radical (unpaired) electrons. The molecule has 0 heterocycles. The fourth-order valence-electron chi connectivity index (χ4n) is 2.12. The van der Waals surface area contributed by atoms with Gasteiger partial charge in [0.2, 0.25) is 0 Å². The van der Waals surface area contributed by atoms with E-state index < -0.39 is 11.0 Å². The van der Waals surface area contributed by atoms with Gasteiger partial charge >= 0.3 is 0 Å². The van der Waals surface area contributed by atoms with Crippen LogP contribution in [0.3, 0.4) is 0 Å². The molecule has 0 aliphatic rings. The molecule has 2 aromatic rings. The molecule has 5 heteroatoms. The zero-order valence-corrected chi connectivity index (χ0v) is 12.2. The molecule has 1 atom stereocenters. The van der Waals surface area contributed by atoms with Crippen molar-refractivity contribution in [2.45, 2.75) is 26.9 Å². The Morgan fingerprint density at radius 2 is 1.81 bits per heavy atom. The normalized spacial score (nSPS) is 12.0. The van der Waals surface area contributed by atoms with Crippen molar-refractivity contribution in [1.82, 2.24) is 0 Å². The van der Waals surface area contributed by atoms with E-state index in [0.717, 1.165) is 0 Å². The zero-order valence-electron chi connectivity index (χ0n) is 12.2. The van der Waals surface area contributed by atoms with E-state index in [2.05, 4.69) is 0 Å². The molecule has 0 aromatic heterocycles. The molecule has 0 saturated carbocycles. The van der Waals surface area contributed by atoms with Crippen LogP contribution in [0.1, 0.15) is 29.7 Å². The smallest absolute Gasteiger partial charge is 0.272 e. The van der Waals surface area contributed by atoms with Gasteiger partial charge in [-0.1, -0.05) is 18.2 Å². The Morgan fingerprint density at radius 1 is 1.14 bits per heavy atom. The molecule has 0 amide bonds. The summed E-state index contributed by atoms with van der Waals surface area (Å²) < 4.78 is 5.83. The Bertz CT molecular complexity index is 680. The molecule has 0 aliphatic carbocycles. The van der Waals surface area contributed by atoms with Gasteiger partial charge in [-0.15, -0.1) is 0 Å². The number of nitrogens with zero attached hydrogens (tertiary/aromatic N) is 1. The average molecular weight is 287 g/mol. The van der Waals surface area contributed by atoms with Crippen LogP contribution in [0.4, 0.5) is 5.69 Å². The van der Waals surface area contributed by atoms with Crippen molar-refractivity contribution in [2.24, 2.45) is 0 Å². The number of hydrogen-bond donors (Lipinski definition) is 1. The highest BCUT2D eigenvalue weighted by Crippen LogP contribution is 2.34. The first kappa shape index (κ1) is 15.0. The first-order valence-electron chi connectivity index (χ1n) is 6.60. The van der Waals surface area contributed by atoms with Crippen LogP contribution in [-0.4, -0.2) is 10.0 Å². The highest BCUT2D eigenvalue weighted by atomic mass is 16.6. The van der Waals surface area contributed by atoms with Crippen molar-refractivity contribution in [1.29, 1.82) is 0 Å². The monoisotopic (exact) mass is 287 g/mol. The zero-order chi connectivity index (χ0) is 15.6. The number of aliphatic hydroxyl groups excluding tert-OH is 1. The molecule has 21 heavy (non-hydrogen) atoms. The third-order valence-electron chi connectivity index (χ3n) is 3.28. The minimum atomic E-state index is -0.652. The van der Waals surface area contributed by atoms with Crippen LogP contribution in [0.15, 0.2) is 36.4 Å². The number of ether oxygens (including phenoxy) is 1. The molecule has 0 aliphatic heterocycles. The summed E-state index contributed by atoms with van der Waals surface area (Å²) in [6.45, 7) is 5.09.